The van der Waals surface area contributed by atoms with Gasteiger partial charge in [0.05, 0.1) is 27.8 Å². The number of hydrogen-bond acceptors (Lipinski definition) is 4. The van der Waals surface area contributed by atoms with Crippen LogP contribution in [-0.4, -0.2) is 25.4 Å². The van der Waals surface area contributed by atoms with Crippen LogP contribution in [0.15, 0.2) is 85.1 Å². The Kier molecular flexibility index (Phi) is 4.28. The van der Waals surface area contributed by atoms with Crippen LogP contribution in [0.1, 0.15) is 6.42 Å². The highest BCUT2D eigenvalue weighted by Gasteiger charge is 2.15. The number of benzene rings is 3. The van der Waals surface area contributed by atoms with Gasteiger partial charge in [0.15, 0.2) is 5.65 Å². The molecule has 0 atom stereocenters. The third kappa shape index (κ3) is 3.04. The number of nitrogens with one attached hydrogen (secondary N) is 1. The summed E-state index contributed by atoms with van der Waals surface area (Å²) in [7, 11) is 0. The number of carbonyl (C=O) groups excluding carboxylic acids is 1. The molecule has 6 nitrogen and oxygen atoms in total. The van der Waals surface area contributed by atoms with Crippen molar-refractivity contribution in [2.75, 3.05) is 5.32 Å². The molecule has 0 radical (unpaired) electrons. The Labute approximate surface area is 183 Å². The predicted molar refractivity (Wildman–Crippen MR) is 128 cm³/mol. The van der Waals surface area contributed by atoms with Gasteiger partial charge in [-0.3, -0.25) is 9.78 Å². The Morgan fingerprint density at radius 2 is 1.59 bits per heavy atom. The summed E-state index contributed by atoms with van der Waals surface area (Å²) < 4.78 is 2.09. The zero-order chi connectivity index (χ0) is 21.5. The molecular weight excluding hydrogens is 398 g/mol. The third-order valence-electron chi connectivity index (χ3n) is 5.73. The lowest BCUT2D eigenvalue weighted by atomic mass is 10.2. The molecule has 0 bridgehead atoms. The number of anilines is 1. The van der Waals surface area contributed by atoms with Gasteiger partial charge in [0, 0.05) is 29.9 Å². The Morgan fingerprint density at radius 3 is 2.50 bits per heavy atom. The number of aryl methyl sites for hydroxylation is 1. The second-order valence-electron chi connectivity index (χ2n) is 7.73. The second-order valence-corrected chi connectivity index (χ2v) is 7.73. The van der Waals surface area contributed by atoms with Crippen LogP contribution in [0.25, 0.3) is 44.0 Å². The fraction of sp³-hybridized carbons (Fsp3) is 0.0769. The fourth-order valence-electron chi connectivity index (χ4n) is 4.24. The molecule has 3 heterocycles. The van der Waals surface area contributed by atoms with Crippen LogP contribution in [0.5, 0.6) is 0 Å². The van der Waals surface area contributed by atoms with Crippen molar-refractivity contribution in [1.82, 2.24) is 19.5 Å². The van der Waals surface area contributed by atoms with E-state index in [2.05, 4.69) is 27.0 Å². The molecule has 154 valence electrons. The monoisotopic (exact) mass is 417 g/mol. The quantitative estimate of drug-likeness (QED) is 0.422. The highest BCUT2D eigenvalue weighted by Crippen LogP contribution is 2.28. The van der Waals surface area contributed by atoms with Crippen LogP contribution in [0, 0.1) is 0 Å². The normalized spacial score (nSPS) is 11.5. The highest BCUT2D eigenvalue weighted by atomic mass is 16.1. The Morgan fingerprint density at radius 1 is 0.812 bits per heavy atom. The molecule has 32 heavy (non-hydrogen) atoms. The van der Waals surface area contributed by atoms with E-state index >= 15 is 0 Å². The first-order chi connectivity index (χ1) is 15.8. The number of nitrogens with zero attached hydrogens (tertiary/aromatic N) is 4. The topological polar surface area (TPSA) is 72.7 Å². The maximum atomic E-state index is 12.8. The van der Waals surface area contributed by atoms with Gasteiger partial charge in [0.1, 0.15) is 5.52 Å². The zero-order valence-electron chi connectivity index (χ0n) is 17.2. The minimum Gasteiger partial charge on any atom is -0.324 e. The number of carbonyl (C=O) groups is 1. The summed E-state index contributed by atoms with van der Waals surface area (Å²) in [5.41, 5.74) is 5.90. The molecule has 0 saturated carbocycles. The molecule has 0 aliphatic rings. The molecule has 6 rings (SSSR count). The number of fused-ring (bicyclic) bond motifs is 5. The van der Waals surface area contributed by atoms with Gasteiger partial charge in [-0.05, 0) is 30.3 Å². The summed E-state index contributed by atoms with van der Waals surface area (Å²) in [4.78, 5) is 27.0. The summed E-state index contributed by atoms with van der Waals surface area (Å²) in [6.45, 7) is 0.501. The Hall–Kier alpha value is -4.32. The van der Waals surface area contributed by atoms with E-state index in [1.807, 2.05) is 66.7 Å². The SMILES string of the molecule is O=C(CCn1c2ccccc2c2nc3ccccc3nc21)Nc1cccc2cccnc12. The van der Waals surface area contributed by atoms with E-state index in [0.717, 1.165) is 49.7 Å². The van der Waals surface area contributed by atoms with Gasteiger partial charge in [0.25, 0.3) is 0 Å². The van der Waals surface area contributed by atoms with Crippen molar-refractivity contribution >= 4 is 55.6 Å². The minimum atomic E-state index is -0.0668. The molecular formula is C26H19N5O. The van der Waals surface area contributed by atoms with E-state index in [1.54, 1.807) is 6.20 Å². The standard InChI is InChI=1S/C26H19N5O/c32-23(28-21-12-5-7-17-8-6-15-27-24(17)21)14-16-31-22-13-4-1-9-18(22)25-26(31)30-20-11-3-2-10-19(20)29-25/h1-13,15H,14,16H2,(H,28,32). The van der Waals surface area contributed by atoms with Gasteiger partial charge in [-0.1, -0.05) is 48.5 Å². The minimum absolute atomic E-state index is 0.0668. The number of hydrogen-bond donors (Lipinski definition) is 1. The summed E-state index contributed by atoms with van der Waals surface area (Å²) in [5, 5.41) is 5.06. The van der Waals surface area contributed by atoms with E-state index in [1.165, 1.54) is 0 Å². The maximum absolute atomic E-state index is 12.8. The first-order valence-corrected chi connectivity index (χ1v) is 10.6. The Bertz CT molecular complexity index is 1630. The summed E-state index contributed by atoms with van der Waals surface area (Å²) in [6.07, 6.45) is 2.05. The molecule has 0 fully saturated rings. The molecule has 3 aromatic heterocycles. The molecule has 0 aliphatic heterocycles. The molecule has 1 amide bonds. The lowest BCUT2D eigenvalue weighted by Crippen LogP contribution is -2.15. The average Bonchev–Trinajstić information content (AvgIpc) is 3.14. The second kappa shape index (κ2) is 7.42. The van der Waals surface area contributed by atoms with Crippen molar-refractivity contribution < 1.29 is 4.79 Å². The molecule has 0 unspecified atom stereocenters. The smallest absolute Gasteiger partial charge is 0.226 e. The van der Waals surface area contributed by atoms with E-state index in [-0.39, 0.29) is 5.91 Å². The Balaban J connectivity index is 1.35. The fourth-order valence-corrected chi connectivity index (χ4v) is 4.24. The molecule has 0 saturated heterocycles. The number of pyridine rings is 1. The molecule has 0 aliphatic carbocycles. The van der Waals surface area contributed by atoms with E-state index in [0.29, 0.717) is 13.0 Å². The first-order valence-electron chi connectivity index (χ1n) is 10.6. The van der Waals surface area contributed by atoms with Crippen molar-refractivity contribution in [2.45, 2.75) is 13.0 Å². The average molecular weight is 417 g/mol. The number of amides is 1. The van der Waals surface area contributed by atoms with Crippen LogP contribution >= 0.6 is 0 Å². The number of aromatic nitrogens is 4. The molecule has 6 heteroatoms. The predicted octanol–water partition coefficient (Wildman–Crippen LogP) is 5.31. The summed E-state index contributed by atoms with van der Waals surface area (Å²) >= 11 is 0. The van der Waals surface area contributed by atoms with Gasteiger partial charge < -0.3 is 9.88 Å². The van der Waals surface area contributed by atoms with Crippen LogP contribution in [0.2, 0.25) is 0 Å². The van der Waals surface area contributed by atoms with E-state index < -0.39 is 0 Å². The van der Waals surface area contributed by atoms with Gasteiger partial charge in [-0.15, -0.1) is 0 Å². The van der Waals surface area contributed by atoms with Crippen LogP contribution in [0.4, 0.5) is 5.69 Å². The summed E-state index contributed by atoms with van der Waals surface area (Å²) in [6, 6.07) is 25.6. The van der Waals surface area contributed by atoms with Crippen LogP contribution in [-0.2, 0) is 11.3 Å². The van der Waals surface area contributed by atoms with E-state index in [9.17, 15) is 4.79 Å². The first kappa shape index (κ1) is 18.4. The summed E-state index contributed by atoms with van der Waals surface area (Å²) in [5.74, 6) is -0.0668. The van der Waals surface area contributed by atoms with Gasteiger partial charge in [0.2, 0.25) is 5.91 Å². The van der Waals surface area contributed by atoms with Crippen molar-refractivity contribution in [3.63, 3.8) is 0 Å². The van der Waals surface area contributed by atoms with Crippen molar-refractivity contribution in [2.24, 2.45) is 0 Å². The zero-order valence-corrected chi connectivity index (χ0v) is 17.2. The third-order valence-corrected chi connectivity index (χ3v) is 5.73. The molecule has 0 spiro atoms. The molecule has 1 N–H and O–H groups in total. The lowest BCUT2D eigenvalue weighted by molar-refractivity contribution is -0.116. The van der Waals surface area contributed by atoms with Gasteiger partial charge in [-0.2, -0.15) is 0 Å². The number of para-hydroxylation sites is 4. The highest BCUT2D eigenvalue weighted by molar-refractivity contribution is 6.06. The van der Waals surface area contributed by atoms with E-state index in [4.69, 9.17) is 9.97 Å². The van der Waals surface area contributed by atoms with Gasteiger partial charge in [-0.25, -0.2) is 9.97 Å². The molecule has 6 aromatic rings. The number of rotatable bonds is 4. The van der Waals surface area contributed by atoms with Crippen LogP contribution in [0.3, 0.4) is 0 Å². The van der Waals surface area contributed by atoms with Crippen molar-refractivity contribution in [3.8, 4) is 0 Å². The van der Waals surface area contributed by atoms with Crippen LogP contribution < -0.4 is 5.32 Å². The van der Waals surface area contributed by atoms with Crippen molar-refractivity contribution in [1.29, 1.82) is 0 Å². The lowest BCUT2D eigenvalue weighted by Gasteiger charge is -2.10. The van der Waals surface area contributed by atoms with Gasteiger partial charge >= 0.3 is 0 Å². The molecule has 3 aromatic carbocycles. The van der Waals surface area contributed by atoms with Crippen molar-refractivity contribution in [3.05, 3.63) is 85.1 Å². The largest absolute Gasteiger partial charge is 0.324 e. The maximum Gasteiger partial charge on any atom is 0.226 e.